The smallest absolute Gasteiger partial charge is 0.127 e. The molecule has 1 heterocycles. The van der Waals surface area contributed by atoms with Crippen LogP contribution in [0.15, 0.2) is 18.2 Å². The van der Waals surface area contributed by atoms with Crippen LogP contribution in [-0.2, 0) is 10.2 Å². The molecular formula is C11H12ClFOS. The summed E-state index contributed by atoms with van der Waals surface area (Å²) in [7, 11) is 0. The second-order valence-electron chi connectivity index (χ2n) is 3.87. The molecule has 0 radical (unpaired) electrons. The lowest BCUT2D eigenvalue weighted by Crippen LogP contribution is -2.47. The summed E-state index contributed by atoms with van der Waals surface area (Å²) in [5.41, 5.74) is 0.451. The normalized spacial score (nSPS) is 18.6. The van der Waals surface area contributed by atoms with Crippen LogP contribution in [0.25, 0.3) is 0 Å². The summed E-state index contributed by atoms with van der Waals surface area (Å²) < 4.78 is 18.9. The van der Waals surface area contributed by atoms with Gasteiger partial charge in [0.25, 0.3) is 0 Å². The van der Waals surface area contributed by atoms with E-state index in [-0.39, 0.29) is 11.2 Å². The summed E-state index contributed by atoms with van der Waals surface area (Å²) in [4.78, 5) is 0. The van der Waals surface area contributed by atoms with E-state index in [1.54, 1.807) is 12.1 Å². The van der Waals surface area contributed by atoms with Crippen molar-refractivity contribution >= 4 is 24.2 Å². The monoisotopic (exact) mass is 246 g/mol. The Bertz CT molecular complexity index is 366. The second-order valence-corrected chi connectivity index (χ2v) is 4.75. The van der Waals surface area contributed by atoms with Gasteiger partial charge in [-0.1, -0.05) is 11.6 Å². The number of thiol groups is 1. The van der Waals surface area contributed by atoms with Gasteiger partial charge in [0.2, 0.25) is 0 Å². The summed E-state index contributed by atoms with van der Waals surface area (Å²) in [6, 6.07) is 4.67. The highest BCUT2D eigenvalue weighted by atomic mass is 35.5. The maximum Gasteiger partial charge on any atom is 0.127 e. The van der Waals surface area contributed by atoms with E-state index in [0.717, 1.165) is 12.2 Å². The minimum atomic E-state index is -0.212. The third kappa shape index (κ3) is 2.01. The SMILES string of the molecule is Fc1ccc(Cl)cc1C1(CCS)COC1. The molecule has 1 fully saturated rings. The number of hydrogen-bond donors (Lipinski definition) is 1. The molecule has 4 heteroatoms. The summed E-state index contributed by atoms with van der Waals surface area (Å²) in [6.07, 6.45) is 0.813. The zero-order valence-corrected chi connectivity index (χ0v) is 9.82. The predicted octanol–water partition coefficient (Wildman–Crippen LogP) is 3.07. The van der Waals surface area contributed by atoms with Crippen LogP contribution < -0.4 is 0 Å². The molecule has 1 saturated heterocycles. The highest BCUT2D eigenvalue weighted by Crippen LogP contribution is 2.38. The fourth-order valence-electron chi connectivity index (χ4n) is 1.90. The van der Waals surface area contributed by atoms with Gasteiger partial charge >= 0.3 is 0 Å². The first-order valence-corrected chi connectivity index (χ1v) is 5.83. The highest BCUT2D eigenvalue weighted by molar-refractivity contribution is 7.80. The van der Waals surface area contributed by atoms with Gasteiger partial charge in [-0.05, 0) is 30.4 Å². The lowest BCUT2D eigenvalue weighted by Gasteiger charge is -2.42. The zero-order valence-electron chi connectivity index (χ0n) is 8.17. The van der Waals surface area contributed by atoms with Gasteiger partial charge in [-0.15, -0.1) is 0 Å². The average molecular weight is 247 g/mol. The summed E-state index contributed by atoms with van der Waals surface area (Å²) in [5.74, 6) is 0.513. The molecule has 0 aromatic heterocycles. The Kier molecular flexibility index (Phi) is 3.24. The molecule has 15 heavy (non-hydrogen) atoms. The molecule has 1 aromatic rings. The van der Waals surface area contributed by atoms with Gasteiger partial charge in [0.05, 0.1) is 13.2 Å². The Balaban J connectivity index is 2.37. The first kappa shape index (κ1) is 11.2. The van der Waals surface area contributed by atoms with Gasteiger partial charge in [0.1, 0.15) is 5.82 Å². The van der Waals surface area contributed by atoms with Crippen molar-refractivity contribution in [1.29, 1.82) is 0 Å². The number of benzene rings is 1. The summed E-state index contributed by atoms with van der Waals surface area (Å²) in [5, 5.41) is 0.567. The van der Waals surface area contributed by atoms with Crippen molar-refractivity contribution in [1.82, 2.24) is 0 Å². The molecule has 0 unspecified atom stereocenters. The van der Waals surface area contributed by atoms with Crippen molar-refractivity contribution in [3.63, 3.8) is 0 Å². The molecule has 1 nitrogen and oxygen atoms in total. The van der Waals surface area contributed by atoms with Gasteiger partial charge < -0.3 is 4.74 Å². The molecule has 0 atom stereocenters. The van der Waals surface area contributed by atoms with Crippen molar-refractivity contribution in [2.45, 2.75) is 11.8 Å². The molecule has 1 aliphatic heterocycles. The van der Waals surface area contributed by atoms with Crippen LogP contribution >= 0.6 is 24.2 Å². The average Bonchev–Trinajstić information content (AvgIpc) is 2.16. The largest absolute Gasteiger partial charge is 0.379 e. The van der Waals surface area contributed by atoms with Crippen LogP contribution in [0, 0.1) is 5.82 Å². The highest BCUT2D eigenvalue weighted by Gasteiger charge is 2.41. The topological polar surface area (TPSA) is 9.23 Å². The summed E-state index contributed by atoms with van der Waals surface area (Å²) in [6.45, 7) is 1.12. The minimum absolute atomic E-state index is 0.204. The van der Waals surface area contributed by atoms with E-state index in [1.165, 1.54) is 6.07 Å². The van der Waals surface area contributed by atoms with E-state index < -0.39 is 0 Å². The fraction of sp³-hybridized carbons (Fsp3) is 0.455. The van der Waals surface area contributed by atoms with Crippen molar-refractivity contribution < 1.29 is 9.13 Å². The van der Waals surface area contributed by atoms with Gasteiger partial charge in [-0.25, -0.2) is 4.39 Å². The third-order valence-corrected chi connectivity index (χ3v) is 3.31. The zero-order chi connectivity index (χ0) is 10.9. The van der Waals surface area contributed by atoms with Crippen LogP contribution in [-0.4, -0.2) is 19.0 Å². The molecule has 1 aromatic carbocycles. The Morgan fingerprint density at radius 2 is 2.20 bits per heavy atom. The molecule has 82 valence electrons. The van der Waals surface area contributed by atoms with Crippen molar-refractivity contribution in [2.24, 2.45) is 0 Å². The first-order valence-electron chi connectivity index (χ1n) is 4.82. The molecule has 1 aliphatic rings. The van der Waals surface area contributed by atoms with Crippen LogP contribution in [0.5, 0.6) is 0 Å². The Morgan fingerprint density at radius 3 is 2.73 bits per heavy atom. The Morgan fingerprint density at radius 1 is 1.47 bits per heavy atom. The van der Waals surface area contributed by atoms with Gasteiger partial charge in [-0.2, -0.15) is 12.6 Å². The molecular weight excluding hydrogens is 235 g/mol. The van der Waals surface area contributed by atoms with Crippen LogP contribution in [0.3, 0.4) is 0 Å². The number of halogens is 2. The van der Waals surface area contributed by atoms with Crippen molar-refractivity contribution in [2.75, 3.05) is 19.0 Å². The molecule has 0 bridgehead atoms. The van der Waals surface area contributed by atoms with Crippen LogP contribution in [0.2, 0.25) is 5.02 Å². The van der Waals surface area contributed by atoms with Crippen LogP contribution in [0.4, 0.5) is 4.39 Å². The first-order chi connectivity index (χ1) is 7.18. The molecule has 0 aliphatic carbocycles. The fourth-order valence-corrected chi connectivity index (χ4v) is 2.50. The number of hydrogen-bond acceptors (Lipinski definition) is 2. The maximum absolute atomic E-state index is 13.7. The Labute approximate surface area is 99.0 Å². The van der Waals surface area contributed by atoms with Crippen molar-refractivity contribution in [3.8, 4) is 0 Å². The van der Waals surface area contributed by atoms with E-state index in [1.807, 2.05) is 0 Å². The predicted molar refractivity (Wildman–Crippen MR) is 62.4 cm³/mol. The van der Waals surface area contributed by atoms with Crippen molar-refractivity contribution in [3.05, 3.63) is 34.6 Å². The van der Waals surface area contributed by atoms with E-state index in [2.05, 4.69) is 12.6 Å². The maximum atomic E-state index is 13.7. The standard InChI is InChI=1S/C11H12ClFOS/c12-8-1-2-10(13)9(5-8)11(3-4-15)6-14-7-11/h1-2,5,15H,3-4,6-7H2. The molecule has 0 amide bonds. The van der Waals surface area contributed by atoms with E-state index in [0.29, 0.717) is 23.8 Å². The van der Waals surface area contributed by atoms with E-state index in [4.69, 9.17) is 16.3 Å². The minimum Gasteiger partial charge on any atom is -0.379 e. The lowest BCUT2D eigenvalue weighted by atomic mass is 9.76. The molecule has 0 saturated carbocycles. The van der Waals surface area contributed by atoms with Gasteiger partial charge in [-0.3, -0.25) is 0 Å². The number of rotatable bonds is 3. The molecule has 2 rings (SSSR count). The lowest BCUT2D eigenvalue weighted by molar-refractivity contribution is -0.0629. The molecule has 0 spiro atoms. The summed E-state index contributed by atoms with van der Waals surface area (Å²) >= 11 is 10.1. The third-order valence-electron chi connectivity index (χ3n) is 2.85. The van der Waals surface area contributed by atoms with Gasteiger partial charge in [0, 0.05) is 16.0 Å². The van der Waals surface area contributed by atoms with Crippen LogP contribution in [0.1, 0.15) is 12.0 Å². The van der Waals surface area contributed by atoms with E-state index >= 15 is 0 Å². The quantitative estimate of drug-likeness (QED) is 0.807. The Hall–Kier alpha value is -0.250. The van der Waals surface area contributed by atoms with E-state index in [9.17, 15) is 4.39 Å². The second kappa shape index (κ2) is 4.32. The number of ether oxygens (including phenoxy) is 1. The molecule has 0 N–H and O–H groups in total. The van der Waals surface area contributed by atoms with Gasteiger partial charge in [0.15, 0.2) is 0 Å².